The van der Waals surface area contributed by atoms with Crippen molar-refractivity contribution in [1.82, 2.24) is 0 Å². The molecule has 4 N–H and O–H groups in total. The monoisotopic (exact) mass is 330 g/mol. The van der Waals surface area contributed by atoms with Crippen LogP contribution < -0.4 is 0 Å². The lowest BCUT2D eigenvalue weighted by molar-refractivity contribution is -0.216. The standard InChI is InChI=1S/C15H22O8/c1-3-22-15(21)8(2)6-9(17)4-5-10-12(18)14(20)13(19)11(7-16)23-10/h4-5,10-14,16,18-20H,2-3,6-7H2,1H3/t10?,11-,12+,13-,14-/m1/s1. The molecular formula is C15H22O8. The number of aliphatic hydroxyl groups is 4. The summed E-state index contributed by atoms with van der Waals surface area (Å²) in [6.07, 6.45) is -4.53. The van der Waals surface area contributed by atoms with E-state index in [9.17, 15) is 24.9 Å². The number of carbonyl (C=O) groups is 2. The molecule has 0 bridgehead atoms. The van der Waals surface area contributed by atoms with E-state index < -0.39 is 48.9 Å². The lowest BCUT2D eigenvalue weighted by atomic mass is 9.94. The summed E-state index contributed by atoms with van der Waals surface area (Å²) in [7, 11) is 0. The fourth-order valence-electron chi connectivity index (χ4n) is 2.07. The molecule has 0 saturated carbocycles. The third-order valence-electron chi connectivity index (χ3n) is 3.35. The summed E-state index contributed by atoms with van der Waals surface area (Å²) >= 11 is 0. The van der Waals surface area contributed by atoms with E-state index in [1.165, 1.54) is 6.08 Å². The zero-order valence-corrected chi connectivity index (χ0v) is 12.8. The normalized spacial score (nSPS) is 31.1. The van der Waals surface area contributed by atoms with Crippen LogP contribution in [0.25, 0.3) is 0 Å². The molecule has 0 aromatic heterocycles. The summed E-state index contributed by atoms with van der Waals surface area (Å²) in [4.78, 5) is 23.1. The maximum absolute atomic E-state index is 11.8. The molecule has 1 heterocycles. The number of ether oxygens (including phenoxy) is 2. The van der Waals surface area contributed by atoms with Crippen LogP contribution in [0, 0.1) is 0 Å². The summed E-state index contributed by atoms with van der Waals surface area (Å²) in [5.74, 6) is -1.14. The van der Waals surface area contributed by atoms with Gasteiger partial charge in [0, 0.05) is 12.0 Å². The average molecular weight is 330 g/mol. The zero-order valence-electron chi connectivity index (χ0n) is 12.8. The summed E-state index contributed by atoms with van der Waals surface area (Å²) < 4.78 is 9.91. The van der Waals surface area contributed by atoms with Crippen LogP contribution in [0.3, 0.4) is 0 Å². The van der Waals surface area contributed by atoms with Crippen molar-refractivity contribution < 1.29 is 39.5 Å². The van der Waals surface area contributed by atoms with Crippen molar-refractivity contribution in [2.45, 2.75) is 43.9 Å². The fraction of sp³-hybridized carbons (Fsp3) is 0.600. The Bertz CT molecular complexity index is 470. The van der Waals surface area contributed by atoms with E-state index in [1.54, 1.807) is 6.92 Å². The third kappa shape index (κ3) is 5.22. The Labute approximate surface area is 133 Å². The van der Waals surface area contributed by atoms with Crippen LogP contribution in [-0.4, -0.2) is 75.9 Å². The highest BCUT2D eigenvalue weighted by molar-refractivity contribution is 5.99. The molecule has 0 aliphatic carbocycles. The minimum absolute atomic E-state index is 0.00435. The first-order chi connectivity index (χ1) is 10.8. The molecule has 1 fully saturated rings. The lowest BCUT2D eigenvalue weighted by Crippen LogP contribution is -2.57. The Morgan fingerprint density at radius 3 is 2.43 bits per heavy atom. The Kier molecular flexibility index (Phi) is 7.53. The van der Waals surface area contributed by atoms with E-state index in [4.69, 9.17) is 14.6 Å². The van der Waals surface area contributed by atoms with Gasteiger partial charge in [0.25, 0.3) is 0 Å². The van der Waals surface area contributed by atoms with Crippen molar-refractivity contribution in [3.63, 3.8) is 0 Å². The van der Waals surface area contributed by atoms with Crippen LogP contribution >= 0.6 is 0 Å². The fourth-order valence-corrected chi connectivity index (χ4v) is 2.07. The van der Waals surface area contributed by atoms with E-state index in [2.05, 4.69) is 6.58 Å². The topological polar surface area (TPSA) is 134 Å². The highest BCUT2D eigenvalue weighted by Gasteiger charge is 2.42. The van der Waals surface area contributed by atoms with Gasteiger partial charge in [-0.2, -0.15) is 0 Å². The van der Waals surface area contributed by atoms with Gasteiger partial charge in [0.1, 0.15) is 30.5 Å². The van der Waals surface area contributed by atoms with Crippen LogP contribution in [-0.2, 0) is 19.1 Å². The summed E-state index contributed by atoms with van der Waals surface area (Å²) in [6.45, 7) is 4.71. The number of ketones is 1. The van der Waals surface area contributed by atoms with Gasteiger partial charge in [0.2, 0.25) is 0 Å². The van der Waals surface area contributed by atoms with Crippen LogP contribution in [0.4, 0.5) is 0 Å². The molecule has 1 saturated heterocycles. The zero-order chi connectivity index (χ0) is 17.6. The first kappa shape index (κ1) is 19.5. The van der Waals surface area contributed by atoms with Gasteiger partial charge < -0.3 is 29.9 Å². The number of aliphatic hydroxyl groups excluding tert-OH is 4. The van der Waals surface area contributed by atoms with Gasteiger partial charge in [-0.25, -0.2) is 4.79 Å². The number of esters is 1. The van der Waals surface area contributed by atoms with Crippen molar-refractivity contribution in [2.75, 3.05) is 13.2 Å². The van der Waals surface area contributed by atoms with Gasteiger partial charge in [-0.3, -0.25) is 4.79 Å². The number of allylic oxidation sites excluding steroid dienone is 1. The van der Waals surface area contributed by atoms with Gasteiger partial charge in [-0.05, 0) is 19.1 Å². The smallest absolute Gasteiger partial charge is 0.333 e. The second-order valence-corrected chi connectivity index (χ2v) is 5.12. The van der Waals surface area contributed by atoms with Crippen LogP contribution in [0.15, 0.2) is 24.3 Å². The molecule has 130 valence electrons. The molecule has 1 unspecified atom stereocenters. The number of hydrogen-bond acceptors (Lipinski definition) is 8. The van der Waals surface area contributed by atoms with Crippen LogP contribution in [0.1, 0.15) is 13.3 Å². The van der Waals surface area contributed by atoms with Crippen molar-refractivity contribution in [3.8, 4) is 0 Å². The summed E-state index contributed by atoms with van der Waals surface area (Å²) in [6, 6.07) is 0. The largest absolute Gasteiger partial charge is 0.463 e. The minimum atomic E-state index is -1.51. The average Bonchev–Trinajstić information content (AvgIpc) is 2.52. The maximum Gasteiger partial charge on any atom is 0.333 e. The van der Waals surface area contributed by atoms with Gasteiger partial charge in [-0.1, -0.05) is 6.58 Å². The maximum atomic E-state index is 11.8. The van der Waals surface area contributed by atoms with Crippen molar-refractivity contribution >= 4 is 11.8 Å². The Morgan fingerprint density at radius 1 is 1.22 bits per heavy atom. The molecule has 0 radical (unpaired) electrons. The predicted octanol–water partition coefficient (Wildman–Crippen LogP) is -1.54. The van der Waals surface area contributed by atoms with Crippen LogP contribution in [0.5, 0.6) is 0 Å². The molecule has 1 aliphatic rings. The van der Waals surface area contributed by atoms with Crippen LogP contribution in [0.2, 0.25) is 0 Å². The Hall–Kier alpha value is -1.58. The molecule has 23 heavy (non-hydrogen) atoms. The molecule has 5 atom stereocenters. The van der Waals surface area contributed by atoms with Gasteiger partial charge in [0.15, 0.2) is 5.78 Å². The Balaban J connectivity index is 2.63. The molecule has 8 nitrogen and oxygen atoms in total. The highest BCUT2D eigenvalue weighted by Crippen LogP contribution is 2.22. The molecule has 8 heteroatoms. The third-order valence-corrected chi connectivity index (χ3v) is 3.35. The summed E-state index contributed by atoms with van der Waals surface area (Å²) in [5.41, 5.74) is -0.00435. The molecule has 0 amide bonds. The van der Waals surface area contributed by atoms with E-state index in [1.807, 2.05) is 0 Å². The first-order valence-corrected chi connectivity index (χ1v) is 7.18. The minimum Gasteiger partial charge on any atom is -0.463 e. The number of rotatable bonds is 7. The van der Waals surface area contributed by atoms with E-state index >= 15 is 0 Å². The van der Waals surface area contributed by atoms with Crippen molar-refractivity contribution in [2.24, 2.45) is 0 Å². The van der Waals surface area contributed by atoms with E-state index in [0.29, 0.717) is 0 Å². The SMILES string of the molecule is C=C(CC(=O)C=CC1O[C@H](CO)[C@@H](O)[C@H](O)[C@H]1O)C(=O)OCC. The van der Waals surface area contributed by atoms with E-state index in [0.717, 1.165) is 6.08 Å². The van der Waals surface area contributed by atoms with Gasteiger partial charge in [-0.15, -0.1) is 0 Å². The second-order valence-electron chi connectivity index (χ2n) is 5.12. The lowest BCUT2D eigenvalue weighted by Gasteiger charge is -2.38. The molecular weight excluding hydrogens is 308 g/mol. The summed E-state index contributed by atoms with van der Waals surface area (Å²) in [5, 5.41) is 38.1. The highest BCUT2D eigenvalue weighted by atomic mass is 16.5. The first-order valence-electron chi connectivity index (χ1n) is 7.18. The van der Waals surface area contributed by atoms with Crippen molar-refractivity contribution in [1.29, 1.82) is 0 Å². The Morgan fingerprint density at radius 2 is 1.87 bits per heavy atom. The molecule has 0 spiro atoms. The van der Waals surface area contributed by atoms with Gasteiger partial charge >= 0.3 is 5.97 Å². The second kappa shape index (κ2) is 8.90. The predicted molar refractivity (Wildman–Crippen MR) is 78.3 cm³/mol. The van der Waals surface area contributed by atoms with E-state index in [-0.39, 0.29) is 18.6 Å². The molecule has 0 aromatic rings. The number of hydrogen-bond donors (Lipinski definition) is 4. The number of carbonyl (C=O) groups excluding carboxylic acids is 2. The molecule has 1 rings (SSSR count). The quantitative estimate of drug-likeness (QED) is 0.326. The molecule has 0 aromatic carbocycles. The van der Waals surface area contributed by atoms with Crippen molar-refractivity contribution in [3.05, 3.63) is 24.3 Å². The molecule has 1 aliphatic heterocycles. The van der Waals surface area contributed by atoms with Gasteiger partial charge in [0.05, 0.1) is 13.2 Å².